The maximum absolute atomic E-state index is 13.7. The van der Waals surface area contributed by atoms with E-state index in [0.717, 1.165) is 5.56 Å². The summed E-state index contributed by atoms with van der Waals surface area (Å²) in [7, 11) is 1.61. The second-order valence-corrected chi connectivity index (χ2v) is 6.70. The molecule has 0 saturated heterocycles. The highest BCUT2D eigenvalue weighted by atomic mass is 35.5. The van der Waals surface area contributed by atoms with Crippen LogP contribution in [0.2, 0.25) is 10.0 Å². The van der Waals surface area contributed by atoms with Gasteiger partial charge in [0.2, 0.25) is 11.8 Å². The molecule has 0 aliphatic heterocycles. The van der Waals surface area contributed by atoms with Crippen molar-refractivity contribution in [2.24, 2.45) is 0 Å². The van der Waals surface area contributed by atoms with Gasteiger partial charge in [-0.05, 0) is 49.9 Å². The zero-order valence-corrected chi connectivity index (χ0v) is 15.8. The van der Waals surface area contributed by atoms with Gasteiger partial charge in [-0.25, -0.2) is 4.39 Å². The van der Waals surface area contributed by atoms with E-state index in [0.29, 0.717) is 15.7 Å². The Morgan fingerprint density at radius 3 is 2.27 bits per heavy atom. The minimum absolute atomic E-state index is 0.0238. The number of amides is 2. The largest absolute Gasteiger partial charge is 0.325 e. The number of halogens is 3. The Hall–Kier alpha value is -2.15. The molecule has 0 unspecified atom stereocenters. The number of carbonyl (C=O) groups is 2. The molecule has 0 bridgehead atoms. The van der Waals surface area contributed by atoms with E-state index in [1.165, 1.54) is 23.1 Å². The van der Waals surface area contributed by atoms with Crippen LogP contribution in [0.4, 0.5) is 15.8 Å². The summed E-state index contributed by atoms with van der Waals surface area (Å²) >= 11 is 11.7. The first kappa shape index (κ1) is 20.2. The quantitative estimate of drug-likeness (QED) is 0.775. The van der Waals surface area contributed by atoms with Crippen LogP contribution >= 0.6 is 23.2 Å². The first-order valence-corrected chi connectivity index (χ1v) is 8.49. The molecule has 0 aliphatic carbocycles. The molecule has 2 aromatic carbocycles. The van der Waals surface area contributed by atoms with Crippen molar-refractivity contribution in [1.82, 2.24) is 4.90 Å². The molecular formula is C18H18Cl2FN3O2. The summed E-state index contributed by atoms with van der Waals surface area (Å²) in [5, 5.41) is 5.87. The fourth-order valence-corrected chi connectivity index (χ4v) is 2.53. The van der Waals surface area contributed by atoms with Gasteiger partial charge in [0.05, 0.1) is 28.8 Å². The molecule has 0 atom stereocenters. The number of hydrogen-bond acceptors (Lipinski definition) is 3. The first-order chi connectivity index (χ1) is 12.2. The van der Waals surface area contributed by atoms with Crippen LogP contribution < -0.4 is 10.6 Å². The highest BCUT2D eigenvalue weighted by Gasteiger charge is 2.13. The summed E-state index contributed by atoms with van der Waals surface area (Å²) in [6, 6.07) is 9.27. The lowest BCUT2D eigenvalue weighted by Crippen LogP contribution is -2.36. The summed E-state index contributed by atoms with van der Waals surface area (Å²) in [6.07, 6.45) is 0. The molecule has 0 heterocycles. The molecule has 138 valence electrons. The van der Waals surface area contributed by atoms with Gasteiger partial charge in [0.1, 0.15) is 5.82 Å². The summed E-state index contributed by atoms with van der Waals surface area (Å²) in [5.41, 5.74) is 1.37. The average Bonchev–Trinajstić information content (AvgIpc) is 2.53. The number of nitrogens with one attached hydrogen (secondary N) is 2. The molecule has 0 aromatic heterocycles. The van der Waals surface area contributed by atoms with E-state index < -0.39 is 11.7 Å². The van der Waals surface area contributed by atoms with Gasteiger partial charge in [-0.15, -0.1) is 0 Å². The van der Waals surface area contributed by atoms with E-state index in [-0.39, 0.29) is 24.7 Å². The smallest absolute Gasteiger partial charge is 0.238 e. The monoisotopic (exact) mass is 397 g/mol. The molecule has 5 nitrogen and oxygen atoms in total. The van der Waals surface area contributed by atoms with Crippen molar-refractivity contribution in [3.63, 3.8) is 0 Å². The van der Waals surface area contributed by atoms with E-state index in [9.17, 15) is 14.0 Å². The molecule has 2 amide bonds. The normalized spacial score (nSPS) is 10.7. The minimum Gasteiger partial charge on any atom is -0.325 e. The molecule has 0 fully saturated rings. The van der Waals surface area contributed by atoms with Crippen LogP contribution in [0.5, 0.6) is 0 Å². The van der Waals surface area contributed by atoms with E-state index >= 15 is 0 Å². The number of aryl methyl sites for hydroxylation is 1. The van der Waals surface area contributed by atoms with Gasteiger partial charge in [-0.3, -0.25) is 14.5 Å². The number of likely N-dealkylation sites (N-methyl/N-ethyl adjacent to an activating group) is 1. The second-order valence-electron chi connectivity index (χ2n) is 5.88. The Morgan fingerprint density at radius 2 is 1.65 bits per heavy atom. The van der Waals surface area contributed by atoms with Crippen molar-refractivity contribution in [3.8, 4) is 0 Å². The molecule has 0 aliphatic rings. The lowest BCUT2D eigenvalue weighted by Gasteiger charge is -2.16. The zero-order chi connectivity index (χ0) is 19.3. The van der Waals surface area contributed by atoms with Crippen LogP contribution in [0, 0.1) is 12.7 Å². The molecule has 8 heteroatoms. The number of benzene rings is 2. The highest BCUT2D eigenvalue weighted by molar-refractivity contribution is 6.42. The molecule has 0 saturated carbocycles. The van der Waals surface area contributed by atoms with E-state index in [1.54, 1.807) is 32.2 Å². The molecule has 0 spiro atoms. The van der Waals surface area contributed by atoms with Crippen LogP contribution in [0.15, 0.2) is 36.4 Å². The van der Waals surface area contributed by atoms with E-state index in [4.69, 9.17) is 23.2 Å². The predicted molar refractivity (Wildman–Crippen MR) is 102 cm³/mol. The van der Waals surface area contributed by atoms with Crippen LogP contribution in [-0.2, 0) is 9.59 Å². The first-order valence-electron chi connectivity index (χ1n) is 7.74. The van der Waals surface area contributed by atoms with Crippen molar-refractivity contribution in [2.45, 2.75) is 6.92 Å². The number of rotatable bonds is 6. The summed E-state index contributed by atoms with van der Waals surface area (Å²) in [5.74, 6) is -1.24. The van der Waals surface area contributed by atoms with Crippen molar-refractivity contribution in [3.05, 3.63) is 57.8 Å². The van der Waals surface area contributed by atoms with Crippen LogP contribution in [0.1, 0.15) is 5.56 Å². The van der Waals surface area contributed by atoms with E-state index in [2.05, 4.69) is 10.6 Å². The lowest BCUT2D eigenvalue weighted by atomic mass is 10.2. The van der Waals surface area contributed by atoms with Crippen LogP contribution in [-0.4, -0.2) is 36.9 Å². The Labute approximate surface area is 161 Å². The Morgan fingerprint density at radius 1 is 1.00 bits per heavy atom. The third-order valence-corrected chi connectivity index (χ3v) is 4.17. The molecule has 0 radical (unpaired) electrons. The van der Waals surface area contributed by atoms with Gasteiger partial charge in [-0.2, -0.15) is 0 Å². The predicted octanol–water partition coefficient (Wildman–Crippen LogP) is 3.95. The third-order valence-electron chi connectivity index (χ3n) is 3.43. The van der Waals surface area contributed by atoms with Crippen molar-refractivity contribution < 1.29 is 14.0 Å². The number of hydrogen-bond donors (Lipinski definition) is 2. The summed E-state index contributed by atoms with van der Waals surface area (Å²) in [4.78, 5) is 25.5. The maximum Gasteiger partial charge on any atom is 0.238 e. The lowest BCUT2D eigenvalue weighted by molar-refractivity contribution is -0.119. The maximum atomic E-state index is 13.7. The van der Waals surface area contributed by atoms with Gasteiger partial charge in [0.15, 0.2) is 0 Å². The Balaban J connectivity index is 1.84. The average molecular weight is 398 g/mol. The highest BCUT2D eigenvalue weighted by Crippen LogP contribution is 2.24. The zero-order valence-electron chi connectivity index (χ0n) is 14.3. The molecule has 2 aromatic rings. The Kier molecular flexibility index (Phi) is 6.97. The van der Waals surface area contributed by atoms with Gasteiger partial charge >= 0.3 is 0 Å². The topological polar surface area (TPSA) is 61.4 Å². The van der Waals surface area contributed by atoms with Crippen LogP contribution in [0.25, 0.3) is 0 Å². The SMILES string of the molecule is Cc1ccc(NC(=O)CN(C)CC(=O)Nc2ccc(Cl)c(Cl)c2)c(F)c1. The molecular weight excluding hydrogens is 380 g/mol. The summed E-state index contributed by atoms with van der Waals surface area (Å²) < 4.78 is 13.7. The number of anilines is 2. The number of nitrogens with zero attached hydrogens (tertiary/aromatic N) is 1. The van der Waals surface area contributed by atoms with Crippen molar-refractivity contribution in [2.75, 3.05) is 30.8 Å². The van der Waals surface area contributed by atoms with Gasteiger partial charge < -0.3 is 10.6 Å². The molecule has 2 N–H and O–H groups in total. The van der Waals surface area contributed by atoms with Crippen molar-refractivity contribution >= 4 is 46.4 Å². The fourth-order valence-electron chi connectivity index (χ4n) is 2.23. The van der Waals surface area contributed by atoms with Crippen molar-refractivity contribution in [1.29, 1.82) is 0 Å². The molecule has 2 rings (SSSR count). The summed E-state index contributed by atoms with van der Waals surface area (Å²) in [6.45, 7) is 1.67. The number of carbonyl (C=O) groups excluding carboxylic acids is 2. The molecule has 26 heavy (non-hydrogen) atoms. The fraction of sp³-hybridized carbons (Fsp3) is 0.222. The van der Waals surface area contributed by atoms with Gasteiger partial charge in [0, 0.05) is 5.69 Å². The van der Waals surface area contributed by atoms with Crippen LogP contribution in [0.3, 0.4) is 0 Å². The van der Waals surface area contributed by atoms with Gasteiger partial charge in [0.25, 0.3) is 0 Å². The Bertz CT molecular complexity index is 830. The van der Waals surface area contributed by atoms with Gasteiger partial charge in [-0.1, -0.05) is 29.3 Å². The minimum atomic E-state index is -0.502. The standard InChI is InChI=1S/C18H18Cl2FN3O2/c1-11-3-6-16(15(21)7-11)23-18(26)10-24(2)9-17(25)22-12-4-5-13(19)14(20)8-12/h3-8H,9-10H2,1-2H3,(H,22,25)(H,23,26). The second kappa shape index (κ2) is 8.98. The van der Waals surface area contributed by atoms with E-state index in [1.807, 2.05) is 0 Å². The third kappa shape index (κ3) is 5.98.